The topological polar surface area (TPSA) is 72.8 Å². The van der Waals surface area contributed by atoms with Crippen LogP contribution in [-0.4, -0.2) is 33.1 Å². The third-order valence-corrected chi connectivity index (χ3v) is 1.10. The molecule has 0 saturated carbocycles. The maximum absolute atomic E-state index is 10.6. The lowest BCUT2D eigenvalue weighted by Crippen LogP contribution is -3.16. The summed E-state index contributed by atoms with van der Waals surface area (Å²) in [7, 11) is 6.26. The second-order valence-corrected chi connectivity index (χ2v) is 2.19. The molecule has 0 aromatic heterocycles. The van der Waals surface area contributed by atoms with Gasteiger partial charge in [-0.05, 0) is 4.81 Å². The van der Waals surface area contributed by atoms with Crippen LogP contribution in [0.3, 0.4) is 0 Å². The van der Waals surface area contributed by atoms with Crippen LogP contribution in [0.4, 0.5) is 0 Å². The van der Waals surface area contributed by atoms with Crippen LogP contribution in [0.1, 0.15) is 0 Å². The molecule has 0 radical (unpaired) electrons. The van der Waals surface area contributed by atoms with Crippen molar-refractivity contribution in [1.29, 1.82) is 0 Å². The molecule has 2 atom stereocenters. The van der Waals surface area contributed by atoms with E-state index in [4.69, 9.17) is 0 Å². The van der Waals surface area contributed by atoms with Gasteiger partial charge in [-0.3, -0.25) is 4.84 Å². The first-order valence-corrected chi connectivity index (χ1v) is 3.18. The lowest BCUT2D eigenvalue weighted by Gasteiger charge is -2.31. The van der Waals surface area contributed by atoms with Crippen LogP contribution in [0.15, 0.2) is 0 Å². The molecule has 0 fully saturated rings. The first kappa shape index (κ1) is 10.7. The number of rotatable bonds is 5. The van der Waals surface area contributed by atoms with Crippen LogP contribution in [0.2, 0.25) is 0 Å². The molecule has 0 bridgehead atoms. The largest absolute Gasteiger partial charge is 0.609 e. The van der Waals surface area contributed by atoms with Crippen molar-refractivity contribution in [1.82, 2.24) is 16.5 Å². The van der Waals surface area contributed by atoms with E-state index in [0.717, 1.165) is 0 Å². The highest BCUT2D eigenvalue weighted by molar-refractivity contribution is 3.95. The highest BCUT2D eigenvalue weighted by Gasteiger charge is 2.21. The molecule has 68 valence electrons. The Morgan fingerprint density at radius 1 is 1.55 bits per heavy atom. The first-order chi connectivity index (χ1) is 5.04. The minimum absolute atomic E-state index is 0.0775. The van der Waals surface area contributed by atoms with E-state index in [2.05, 4.69) is 21.4 Å². The highest BCUT2D eigenvalue weighted by Crippen LogP contribution is 1.76. The second-order valence-electron chi connectivity index (χ2n) is 2.19. The van der Waals surface area contributed by atoms with Crippen LogP contribution in [0.25, 0.3) is 0 Å². The molecule has 0 aliphatic carbocycles. The Labute approximate surface area is 65.9 Å². The number of nitrogens with zero attached hydrogens (tertiary/aromatic N) is 1. The van der Waals surface area contributed by atoms with Crippen molar-refractivity contribution in [2.45, 2.75) is 0 Å². The summed E-state index contributed by atoms with van der Waals surface area (Å²) >= 11 is 0. The zero-order valence-electron chi connectivity index (χ0n) is 7.26. The maximum Gasteiger partial charge on any atom is 0.132 e. The normalized spacial score (nSPS) is 19.4. The van der Waals surface area contributed by atoms with Gasteiger partial charge in [0.25, 0.3) is 0 Å². The third kappa shape index (κ3) is 4.22. The summed E-state index contributed by atoms with van der Waals surface area (Å²) in [6.07, 6.45) is 0. The molecule has 7 nitrogen and oxygen atoms in total. The van der Waals surface area contributed by atoms with E-state index in [0.29, 0.717) is 0 Å². The summed E-state index contributed by atoms with van der Waals surface area (Å²) in [5.41, 5.74) is 7.87. The molecule has 0 aromatic rings. The van der Waals surface area contributed by atoms with Crippen molar-refractivity contribution < 1.29 is 14.8 Å². The third-order valence-electron chi connectivity index (χ3n) is 1.10. The fraction of sp³-hybridized carbons (Fsp3) is 1.00. The molecule has 0 spiro atoms. The molecule has 0 aromatic carbocycles. The van der Waals surface area contributed by atoms with Gasteiger partial charge in [-0.25, -0.2) is 5.17 Å². The summed E-state index contributed by atoms with van der Waals surface area (Å²) in [6, 6.07) is 0. The minimum Gasteiger partial charge on any atom is -0.609 e. The monoisotopic (exact) mass is 166 g/mol. The Morgan fingerprint density at radius 2 is 2.09 bits per heavy atom. The molecule has 0 aliphatic heterocycles. The zero-order valence-corrected chi connectivity index (χ0v) is 7.26. The molecule has 0 rings (SSSR count). The molecule has 4 N–H and O–H groups in total. The van der Waals surface area contributed by atoms with Gasteiger partial charge in [0, 0.05) is 18.2 Å². The van der Waals surface area contributed by atoms with Crippen molar-refractivity contribution in [3.63, 3.8) is 0 Å². The standard InChI is InChI=1S/C4H16N5O2/c1-5-9(3,7-11-4)6-8(2)10/h5-8H,1-4H3/q+1. The van der Waals surface area contributed by atoms with E-state index in [1.165, 1.54) is 14.2 Å². The fourth-order valence-corrected chi connectivity index (χ4v) is 0.622. The van der Waals surface area contributed by atoms with E-state index in [9.17, 15) is 5.21 Å². The predicted molar refractivity (Wildman–Crippen MR) is 38.8 cm³/mol. The Balaban J connectivity index is 3.87. The maximum atomic E-state index is 10.6. The molecule has 0 saturated heterocycles. The summed E-state index contributed by atoms with van der Waals surface area (Å²) in [5, 5.41) is 10.5. The van der Waals surface area contributed by atoms with Crippen LogP contribution < -0.4 is 21.7 Å². The van der Waals surface area contributed by atoms with E-state index in [1.54, 1.807) is 14.1 Å². The summed E-state index contributed by atoms with van der Waals surface area (Å²) in [4.78, 5) is 4.57. The van der Waals surface area contributed by atoms with Gasteiger partial charge in [-0.1, -0.05) is 0 Å². The van der Waals surface area contributed by atoms with Gasteiger partial charge in [0.2, 0.25) is 0 Å². The summed E-state index contributed by atoms with van der Waals surface area (Å²) in [5.74, 6) is 0. The molecular formula is C4H16N5O2+. The zero-order chi connectivity index (χ0) is 8.91. The van der Waals surface area contributed by atoms with Gasteiger partial charge in [0.05, 0.1) is 14.2 Å². The molecule has 7 heteroatoms. The van der Waals surface area contributed by atoms with Gasteiger partial charge in [0.15, 0.2) is 0 Å². The molecular weight excluding hydrogens is 150 g/mol. The van der Waals surface area contributed by atoms with E-state index < -0.39 is 0 Å². The molecule has 0 amide bonds. The smallest absolute Gasteiger partial charge is 0.132 e. The number of hydrogen-bond donors (Lipinski definition) is 4. The Bertz CT molecular complexity index is 111. The Morgan fingerprint density at radius 3 is 2.36 bits per heavy atom. The Hall–Kier alpha value is -0.280. The minimum atomic E-state index is -0.161. The molecule has 11 heavy (non-hydrogen) atoms. The average molecular weight is 166 g/mol. The number of hydroxylamine groups is 1. The quantitative estimate of drug-likeness (QED) is 0.260. The molecule has 0 aliphatic rings. The fourth-order valence-electron chi connectivity index (χ4n) is 0.622. The van der Waals surface area contributed by atoms with Gasteiger partial charge < -0.3 is 5.21 Å². The predicted octanol–water partition coefficient (Wildman–Crippen LogP) is -2.93. The first-order valence-electron chi connectivity index (χ1n) is 3.18. The van der Waals surface area contributed by atoms with Gasteiger partial charge in [-0.15, -0.1) is 5.43 Å². The summed E-state index contributed by atoms with van der Waals surface area (Å²) < 4.78 is 0. The lowest BCUT2D eigenvalue weighted by atomic mass is 11.2. The van der Waals surface area contributed by atoms with Gasteiger partial charge >= 0.3 is 0 Å². The number of quaternary nitrogens is 2. The average Bonchev–Trinajstić information content (AvgIpc) is 1.87. The van der Waals surface area contributed by atoms with Gasteiger partial charge in [0.1, 0.15) is 7.05 Å². The van der Waals surface area contributed by atoms with Crippen molar-refractivity contribution in [3.8, 4) is 0 Å². The lowest BCUT2D eigenvalue weighted by molar-refractivity contribution is -1.18. The van der Waals surface area contributed by atoms with Crippen molar-refractivity contribution >= 4 is 0 Å². The van der Waals surface area contributed by atoms with Crippen molar-refractivity contribution in [2.24, 2.45) is 0 Å². The SMILES string of the molecule is CN[N+](C)(NOC)N[NH+](C)[O-]. The van der Waals surface area contributed by atoms with E-state index >= 15 is 0 Å². The van der Waals surface area contributed by atoms with Crippen LogP contribution >= 0.6 is 0 Å². The summed E-state index contributed by atoms with van der Waals surface area (Å²) in [6.45, 7) is 0. The van der Waals surface area contributed by atoms with Gasteiger partial charge in [-0.2, -0.15) is 0 Å². The molecule has 0 heterocycles. The van der Waals surface area contributed by atoms with Crippen LogP contribution in [0.5, 0.6) is 0 Å². The van der Waals surface area contributed by atoms with E-state index in [-0.39, 0.29) is 9.98 Å². The Kier molecular flexibility index (Phi) is 4.45. The second kappa shape index (κ2) is 4.57. The number of hydrogen-bond acceptors (Lipinski definition) is 5. The van der Waals surface area contributed by atoms with Crippen LogP contribution in [0, 0.1) is 5.21 Å². The van der Waals surface area contributed by atoms with Crippen molar-refractivity contribution in [3.05, 3.63) is 5.21 Å². The number of nitrogens with one attached hydrogen (secondary N) is 4. The van der Waals surface area contributed by atoms with Crippen LogP contribution in [-0.2, 0) is 4.84 Å². The van der Waals surface area contributed by atoms with E-state index in [1.807, 2.05) is 0 Å². The highest BCUT2D eigenvalue weighted by atomic mass is 16.7. The van der Waals surface area contributed by atoms with Crippen molar-refractivity contribution in [2.75, 3.05) is 28.3 Å². The molecule has 2 unspecified atom stereocenters.